The molecule has 0 atom stereocenters. The van der Waals surface area contributed by atoms with E-state index in [1.165, 1.54) is 0 Å². The Morgan fingerprint density at radius 1 is 0.923 bits per heavy atom. The number of benzene rings is 2. The number of ketones is 1. The van der Waals surface area contributed by atoms with Gasteiger partial charge in [0.1, 0.15) is 0 Å². The number of carbonyl (C=O) groups excluding carboxylic acids is 2. The van der Waals surface area contributed by atoms with Crippen molar-refractivity contribution in [2.24, 2.45) is 5.73 Å². The number of amides is 1. The van der Waals surface area contributed by atoms with Gasteiger partial charge in [-0.15, -0.1) is 0 Å². The van der Waals surface area contributed by atoms with E-state index in [9.17, 15) is 9.59 Å². The van der Waals surface area contributed by atoms with E-state index in [2.05, 4.69) is 4.90 Å². The summed E-state index contributed by atoms with van der Waals surface area (Å²) in [5.74, 6) is -0.0408. The molecule has 0 radical (unpaired) electrons. The number of nitrogens with zero attached hydrogens (tertiary/aromatic N) is 1. The summed E-state index contributed by atoms with van der Waals surface area (Å²) < 4.78 is 0. The van der Waals surface area contributed by atoms with Crippen LogP contribution in [0.15, 0.2) is 60.7 Å². The van der Waals surface area contributed by atoms with Crippen molar-refractivity contribution < 1.29 is 9.59 Å². The largest absolute Gasteiger partial charge is 0.369 e. The molecule has 0 aromatic heterocycles. The molecule has 0 unspecified atom stereocenters. The van der Waals surface area contributed by atoms with E-state index in [0.29, 0.717) is 6.42 Å². The number of primary amides is 1. The lowest BCUT2D eigenvalue weighted by Crippen LogP contribution is -2.50. The van der Waals surface area contributed by atoms with Crippen LogP contribution in [0.3, 0.4) is 0 Å². The molecule has 4 heteroatoms. The Kier molecular flexibility index (Phi) is 5.84. The molecule has 0 saturated carbocycles. The maximum atomic E-state index is 12.2. The Morgan fingerprint density at radius 2 is 1.50 bits per heavy atom. The first-order valence-corrected chi connectivity index (χ1v) is 9.28. The van der Waals surface area contributed by atoms with E-state index in [4.69, 9.17) is 5.73 Å². The van der Waals surface area contributed by atoms with Gasteiger partial charge < -0.3 is 10.6 Å². The predicted molar refractivity (Wildman–Crippen MR) is 103 cm³/mol. The molecule has 1 amide bonds. The Hall–Kier alpha value is -2.46. The zero-order valence-corrected chi connectivity index (χ0v) is 15.1. The minimum atomic E-state index is -0.558. The molecule has 2 N–H and O–H groups in total. The van der Waals surface area contributed by atoms with E-state index in [1.807, 2.05) is 60.7 Å². The second-order valence-electron chi connectivity index (χ2n) is 7.05. The summed E-state index contributed by atoms with van der Waals surface area (Å²) in [6, 6.07) is 19.3. The average Bonchev–Trinajstić information content (AvgIpc) is 2.69. The lowest BCUT2D eigenvalue weighted by molar-refractivity contribution is -0.125. The molecule has 1 aliphatic heterocycles. The number of nitrogens with two attached hydrogens (primary N) is 1. The zero-order valence-electron chi connectivity index (χ0n) is 15.1. The summed E-state index contributed by atoms with van der Waals surface area (Å²) in [6.45, 7) is 2.54. The van der Waals surface area contributed by atoms with Crippen molar-refractivity contribution >= 4 is 11.7 Å². The van der Waals surface area contributed by atoms with Crippen molar-refractivity contribution in [3.8, 4) is 0 Å². The molecule has 0 aliphatic carbocycles. The lowest BCUT2D eigenvalue weighted by Gasteiger charge is -2.40. The van der Waals surface area contributed by atoms with Gasteiger partial charge in [0, 0.05) is 12.0 Å². The summed E-state index contributed by atoms with van der Waals surface area (Å²) in [4.78, 5) is 26.7. The van der Waals surface area contributed by atoms with Crippen molar-refractivity contribution in [1.29, 1.82) is 0 Å². The summed E-state index contributed by atoms with van der Waals surface area (Å²) in [5.41, 5.74) is 7.02. The number of rotatable bonds is 7. The summed E-state index contributed by atoms with van der Waals surface area (Å²) in [6.07, 6.45) is 2.86. The molecule has 136 valence electrons. The molecule has 3 rings (SSSR count). The average molecular weight is 350 g/mol. The van der Waals surface area contributed by atoms with Gasteiger partial charge in [0.2, 0.25) is 5.91 Å². The second-order valence-corrected chi connectivity index (χ2v) is 7.05. The van der Waals surface area contributed by atoms with Crippen molar-refractivity contribution in [2.45, 2.75) is 31.1 Å². The fourth-order valence-electron chi connectivity index (χ4n) is 3.82. The molecule has 1 saturated heterocycles. The summed E-state index contributed by atoms with van der Waals surface area (Å²) in [7, 11) is 0. The van der Waals surface area contributed by atoms with Crippen LogP contribution >= 0.6 is 0 Å². The minimum Gasteiger partial charge on any atom is -0.369 e. The first-order chi connectivity index (χ1) is 12.6. The number of likely N-dealkylation sites (tertiary alicyclic amines) is 1. The molecule has 1 heterocycles. The maximum Gasteiger partial charge on any atom is 0.228 e. The number of Topliss-reactive ketones (excluding diaryl/α,β-unsaturated/α-hetero) is 1. The highest BCUT2D eigenvalue weighted by molar-refractivity contribution is 5.95. The molecule has 0 spiro atoms. The van der Waals surface area contributed by atoms with Gasteiger partial charge in [-0.05, 0) is 44.5 Å². The summed E-state index contributed by atoms with van der Waals surface area (Å²) in [5, 5.41) is 0. The molecular formula is C22H26N2O2. The van der Waals surface area contributed by atoms with Gasteiger partial charge in [-0.1, -0.05) is 60.7 Å². The Morgan fingerprint density at radius 3 is 2.08 bits per heavy atom. The van der Waals surface area contributed by atoms with E-state index < -0.39 is 5.41 Å². The smallest absolute Gasteiger partial charge is 0.228 e. The van der Waals surface area contributed by atoms with Crippen molar-refractivity contribution in [1.82, 2.24) is 4.90 Å². The van der Waals surface area contributed by atoms with Crippen LogP contribution in [0.25, 0.3) is 0 Å². The van der Waals surface area contributed by atoms with Crippen molar-refractivity contribution in [3.05, 3.63) is 71.8 Å². The molecule has 4 nitrogen and oxygen atoms in total. The molecule has 2 aromatic rings. The maximum absolute atomic E-state index is 12.2. The highest BCUT2D eigenvalue weighted by Gasteiger charge is 2.41. The monoisotopic (exact) mass is 350 g/mol. The van der Waals surface area contributed by atoms with Crippen LogP contribution in [-0.4, -0.2) is 36.2 Å². The van der Waals surface area contributed by atoms with Gasteiger partial charge in [0.15, 0.2) is 5.78 Å². The first kappa shape index (κ1) is 18.3. The van der Waals surface area contributed by atoms with Gasteiger partial charge in [0.25, 0.3) is 0 Å². The van der Waals surface area contributed by atoms with E-state index in [-0.39, 0.29) is 11.7 Å². The predicted octanol–water partition coefficient (Wildman–Crippen LogP) is 3.17. The zero-order chi connectivity index (χ0) is 18.4. The summed E-state index contributed by atoms with van der Waals surface area (Å²) >= 11 is 0. The second kappa shape index (κ2) is 8.28. The molecule has 2 aromatic carbocycles. The SMILES string of the molecule is NC(=O)C1(c2ccccc2)CCN(CCCC(=O)c2ccccc2)CC1. The number of carbonyl (C=O) groups is 2. The normalized spacial score (nSPS) is 16.9. The third-order valence-corrected chi connectivity index (χ3v) is 5.48. The quantitative estimate of drug-likeness (QED) is 0.780. The van der Waals surface area contributed by atoms with Crippen LogP contribution in [0.2, 0.25) is 0 Å². The van der Waals surface area contributed by atoms with Gasteiger partial charge >= 0.3 is 0 Å². The van der Waals surface area contributed by atoms with Gasteiger partial charge in [-0.2, -0.15) is 0 Å². The third kappa shape index (κ3) is 4.02. The number of hydrogen-bond donors (Lipinski definition) is 1. The van der Waals surface area contributed by atoms with E-state index in [0.717, 1.165) is 50.0 Å². The number of hydrogen-bond acceptors (Lipinski definition) is 3. The van der Waals surface area contributed by atoms with Crippen LogP contribution in [0.1, 0.15) is 41.6 Å². The van der Waals surface area contributed by atoms with Crippen molar-refractivity contribution in [2.75, 3.05) is 19.6 Å². The molecule has 1 aliphatic rings. The third-order valence-electron chi connectivity index (χ3n) is 5.48. The highest BCUT2D eigenvalue weighted by Crippen LogP contribution is 2.35. The molecule has 26 heavy (non-hydrogen) atoms. The molecular weight excluding hydrogens is 324 g/mol. The fourth-order valence-corrected chi connectivity index (χ4v) is 3.82. The lowest BCUT2D eigenvalue weighted by atomic mass is 9.72. The molecule has 1 fully saturated rings. The Labute approximate surface area is 155 Å². The highest BCUT2D eigenvalue weighted by atomic mass is 16.1. The fraction of sp³-hybridized carbons (Fsp3) is 0.364. The minimum absolute atomic E-state index is 0.193. The van der Waals surface area contributed by atoms with Crippen molar-refractivity contribution in [3.63, 3.8) is 0 Å². The van der Waals surface area contributed by atoms with E-state index in [1.54, 1.807) is 0 Å². The number of piperidine rings is 1. The molecule has 0 bridgehead atoms. The van der Waals surface area contributed by atoms with Gasteiger partial charge in [0.05, 0.1) is 5.41 Å². The van der Waals surface area contributed by atoms with Gasteiger partial charge in [-0.25, -0.2) is 0 Å². The standard InChI is InChI=1S/C22H26N2O2/c23-21(26)22(19-10-5-2-6-11-19)13-16-24(17-14-22)15-7-12-20(25)18-8-3-1-4-9-18/h1-6,8-11H,7,12-17H2,(H2,23,26). The van der Waals surface area contributed by atoms with Crippen LogP contribution in [0, 0.1) is 0 Å². The van der Waals surface area contributed by atoms with Crippen LogP contribution in [-0.2, 0) is 10.2 Å². The first-order valence-electron chi connectivity index (χ1n) is 9.28. The van der Waals surface area contributed by atoms with Crippen LogP contribution in [0.4, 0.5) is 0 Å². The Balaban J connectivity index is 1.52. The topological polar surface area (TPSA) is 63.4 Å². The van der Waals surface area contributed by atoms with Crippen LogP contribution < -0.4 is 5.73 Å². The van der Waals surface area contributed by atoms with Crippen LogP contribution in [0.5, 0.6) is 0 Å². The Bertz CT molecular complexity index is 735. The van der Waals surface area contributed by atoms with Gasteiger partial charge in [-0.3, -0.25) is 9.59 Å². The van der Waals surface area contributed by atoms with E-state index >= 15 is 0 Å².